The molecule has 0 unspecified atom stereocenters. The van der Waals surface area contributed by atoms with Gasteiger partial charge in [-0.3, -0.25) is 4.79 Å². The van der Waals surface area contributed by atoms with E-state index in [-0.39, 0.29) is 11.6 Å². The predicted octanol–water partition coefficient (Wildman–Crippen LogP) is 4.71. The van der Waals surface area contributed by atoms with Crippen molar-refractivity contribution >= 4 is 23.1 Å². The molecule has 3 aromatic rings. The van der Waals surface area contributed by atoms with Crippen molar-refractivity contribution in [1.82, 2.24) is 9.97 Å². The van der Waals surface area contributed by atoms with Crippen molar-refractivity contribution in [1.29, 1.82) is 0 Å². The molecule has 1 heterocycles. The fourth-order valence-electron chi connectivity index (χ4n) is 2.85. The average Bonchev–Trinajstić information content (AvgIpc) is 2.60. The number of anilines is 3. The molecule has 0 aliphatic heterocycles. The van der Waals surface area contributed by atoms with Crippen LogP contribution in [0.1, 0.15) is 32.7 Å². The maximum atomic E-state index is 12.5. The Kier molecular flexibility index (Phi) is 4.98. The highest BCUT2D eigenvalue weighted by Crippen LogP contribution is 2.22. The Balaban J connectivity index is 1.72. The van der Waals surface area contributed by atoms with Gasteiger partial charge in [0.05, 0.1) is 12.4 Å². The second kappa shape index (κ2) is 7.35. The first-order valence-electron chi connectivity index (χ1n) is 8.47. The van der Waals surface area contributed by atoms with Crippen LogP contribution in [0.15, 0.2) is 48.8 Å². The Morgan fingerprint density at radius 1 is 0.846 bits per heavy atom. The zero-order chi connectivity index (χ0) is 18.7. The molecular formula is C21H22N4O. The number of amides is 1. The number of nitrogens with one attached hydrogen (secondary N) is 2. The molecule has 0 aliphatic carbocycles. The molecule has 3 rings (SSSR count). The van der Waals surface area contributed by atoms with Crippen LogP contribution in [0.4, 0.5) is 17.2 Å². The maximum absolute atomic E-state index is 12.5. The SMILES string of the molecule is Cc1ccc(Nc2cnc(C(=O)Nc3c(C)cc(C)cc3C)cn2)cc1. The van der Waals surface area contributed by atoms with E-state index in [1.165, 1.54) is 17.3 Å². The molecule has 1 aromatic heterocycles. The van der Waals surface area contributed by atoms with E-state index in [1.807, 2.05) is 64.1 Å². The Bertz CT molecular complexity index is 908. The Morgan fingerprint density at radius 2 is 1.50 bits per heavy atom. The highest BCUT2D eigenvalue weighted by atomic mass is 16.1. The molecule has 0 radical (unpaired) electrons. The smallest absolute Gasteiger partial charge is 0.275 e. The number of benzene rings is 2. The molecule has 0 aliphatic rings. The second-order valence-corrected chi connectivity index (χ2v) is 6.51. The van der Waals surface area contributed by atoms with Crippen LogP contribution in [0.2, 0.25) is 0 Å². The molecule has 2 N–H and O–H groups in total. The number of carbonyl (C=O) groups excluding carboxylic acids is 1. The van der Waals surface area contributed by atoms with E-state index in [9.17, 15) is 4.79 Å². The van der Waals surface area contributed by atoms with Crippen LogP contribution in [-0.4, -0.2) is 15.9 Å². The van der Waals surface area contributed by atoms with Crippen molar-refractivity contribution in [3.8, 4) is 0 Å². The molecular weight excluding hydrogens is 324 g/mol. The normalized spacial score (nSPS) is 10.5. The topological polar surface area (TPSA) is 66.9 Å². The van der Waals surface area contributed by atoms with E-state index in [2.05, 4.69) is 20.6 Å². The minimum absolute atomic E-state index is 0.269. The van der Waals surface area contributed by atoms with Gasteiger partial charge in [-0.05, 0) is 51.0 Å². The predicted molar refractivity (Wildman–Crippen MR) is 105 cm³/mol. The third-order valence-electron chi connectivity index (χ3n) is 4.12. The quantitative estimate of drug-likeness (QED) is 0.718. The van der Waals surface area contributed by atoms with Crippen LogP contribution in [0, 0.1) is 27.7 Å². The summed E-state index contributed by atoms with van der Waals surface area (Å²) in [6, 6.07) is 12.1. The van der Waals surface area contributed by atoms with Gasteiger partial charge >= 0.3 is 0 Å². The van der Waals surface area contributed by atoms with Gasteiger partial charge in [-0.15, -0.1) is 0 Å². The Hall–Kier alpha value is -3.21. The number of hydrogen-bond donors (Lipinski definition) is 2. The van der Waals surface area contributed by atoms with E-state index in [0.29, 0.717) is 5.82 Å². The summed E-state index contributed by atoms with van der Waals surface area (Å²) >= 11 is 0. The van der Waals surface area contributed by atoms with Gasteiger partial charge in [-0.2, -0.15) is 0 Å². The minimum Gasteiger partial charge on any atom is -0.339 e. The Labute approximate surface area is 153 Å². The summed E-state index contributed by atoms with van der Waals surface area (Å²) in [7, 11) is 0. The van der Waals surface area contributed by atoms with E-state index in [4.69, 9.17) is 0 Å². The van der Waals surface area contributed by atoms with Gasteiger partial charge in [0, 0.05) is 11.4 Å². The summed E-state index contributed by atoms with van der Waals surface area (Å²) in [5.74, 6) is 0.322. The van der Waals surface area contributed by atoms with Gasteiger partial charge in [-0.25, -0.2) is 9.97 Å². The summed E-state index contributed by atoms with van der Waals surface area (Å²) in [6.07, 6.45) is 3.04. The lowest BCUT2D eigenvalue weighted by molar-refractivity contribution is 0.102. The first kappa shape index (κ1) is 17.6. The molecule has 26 heavy (non-hydrogen) atoms. The van der Waals surface area contributed by atoms with Gasteiger partial charge in [0.25, 0.3) is 5.91 Å². The van der Waals surface area contributed by atoms with E-state index >= 15 is 0 Å². The first-order chi connectivity index (χ1) is 12.4. The number of aryl methyl sites for hydroxylation is 4. The summed E-state index contributed by atoms with van der Waals surface area (Å²) in [4.78, 5) is 21.0. The molecule has 132 valence electrons. The largest absolute Gasteiger partial charge is 0.339 e. The monoisotopic (exact) mass is 346 g/mol. The van der Waals surface area contributed by atoms with Crippen molar-refractivity contribution in [3.05, 3.63) is 76.7 Å². The number of hydrogen-bond acceptors (Lipinski definition) is 4. The maximum Gasteiger partial charge on any atom is 0.275 e. The minimum atomic E-state index is -0.269. The molecule has 0 bridgehead atoms. The summed E-state index contributed by atoms with van der Waals surface area (Å²) in [6.45, 7) is 8.04. The molecule has 5 heteroatoms. The van der Waals surface area contributed by atoms with E-state index in [1.54, 1.807) is 6.20 Å². The van der Waals surface area contributed by atoms with Crippen molar-refractivity contribution in [2.75, 3.05) is 10.6 Å². The highest BCUT2D eigenvalue weighted by molar-refractivity contribution is 6.03. The van der Waals surface area contributed by atoms with Crippen LogP contribution >= 0.6 is 0 Å². The average molecular weight is 346 g/mol. The molecule has 0 spiro atoms. The van der Waals surface area contributed by atoms with Gasteiger partial charge in [0.1, 0.15) is 11.5 Å². The standard InChI is InChI=1S/C21H22N4O/c1-13-5-7-17(8-6-13)24-19-12-22-18(11-23-19)21(26)25-20-15(3)9-14(2)10-16(20)4/h5-12H,1-4H3,(H,23,24)(H,25,26). The third-order valence-corrected chi connectivity index (χ3v) is 4.12. The summed E-state index contributed by atoms with van der Waals surface area (Å²) in [5.41, 5.74) is 6.44. The van der Waals surface area contributed by atoms with Crippen LogP contribution in [0.5, 0.6) is 0 Å². The van der Waals surface area contributed by atoms with Crippen LogP contribution < -0.4 is 10.6 Å². The van der Waals surface area contributed by atoms with E-state index < -0.39 is 0 Å². The third kappa shape index (κ3) is 4.06. The number of rotatable bonds is 4. The molecule has 1 amide bonds. The van der Waals surface area contributed by atoms with Gasteiger partial charge < -0.3 is 10.6 Å². The fraction of sp³-hybridized carbons (Fsp3) is 0.190. The molecule has 5 nitrogen and oxygen atoms in total. The number of aromatic nitrogens is 2. The Morgan fingerprint density at radius 3 is 2.08 bits per heavy atom. The lowest BCUT2D eigenvalue weighted by atomic mass is 10.1. The molecule has 0 saturated carbocycles. The van der Waals surface area contributed by atoms with Crippen molar-refractivity contribution in [2.45, 2.75) is 27.7 Å². The van der Waals surface area contributed by atoms with Crippen molar-refractivity contribution < 1.29 is 4.79 Å². The van der Waals surface area contributed by atoms with Gasteiger partial charge in [0.15, 0.2) is 0 Å². The number of nitrogens with zero attached hydrogens (tertiary/aromatic N) is 2. The van der Waals surface area contributed by atoms with Crippen molar-refractivity contribution in [3.63, 3.8) is 0 Å². The highest BCUT2D eigenvalue weighted by Gasteiger charge is 2.12. The molecule has 2 aromatic carbocycles. The number of carbonyl (C=O) groups is 1. The van der Waals surface area contributed by atoms with E-state index in [0.717, 1.165) is 22.5 Å². The van der Waals surface area contributed by atoms with Crippen molar-refractivity contribution in [2.24, 2.45) is 0 Å². The van der Waals surface area contributed by atoms with Gasteiger partial charge in [0.2, 0.25) is 0 Å². The van der Waals surface area contributed by atoms with Crippen LogP contribution in [0.25, 0.3) is 0 Å². The molecule has 0 saturated heterocycles. The summed E-state index contributed by atoms with van der Waals surface area (Å²) in [5, 5.41) is 6.10. The molecule has 0 fully saturated rings. The first-order valence-corrected chi connectivity index (χ1v) is 8.47. The second-order valence-electron chi connectivity index (χ2n) is 6.51. The lowest BCUT2D eigenvalue weighted by Gasteiger charge is -2.12. The summed E-state index contributed by atoms with van der Waals surface area (Å²) < 4.78 is 0. The van der Waals surface area contributed by atoms with Crippen LogP contribution in [-0.2, 0) is 0 Å². The van der Waals surface area contributed by atoms with Crippen LogP contribution in [0.3, 0.4) is 0 Å². The fourth-order valence-corrected chi connectivity index (χ4v) is 2.85. The zero-order valence-electron chi connectivity index (χ0n) is 15.4. The zero-order valence-corrected chi connectivity index (χ0v) is 15.4. The lowest BCUT2D eigenvalue weighted by Crippen LogP contribution is -2.16. The van der Waals surface area contributed by atoms with Gasteiger partial charge in [-0.1, -0.05) is 35.4 Å². The molecule has 0 atom stereocenters.